The van der Waals surface area contributed by atoms with Crippen LogP contribution in [0.4, 0.5) is 0 Å². The molecule has 0 atom stereocenters. The molecule has 1 nitrogen and oxygen atoms in total. The molecule has 2 heteroatoms. The van der Waals surface area contributed by atoms with E-state index in [1.165, 1.54) is 12.0 Å². The monoisotopic (exact) mass is 192 g/mol. The van der Waals surface area contributed by atoms with E-state index in [4.69, 9.17) is 4.80 Å². The van der Waals surface area contributed by atoms with E-state index in [-0.39, 0.29) is 9.76 Å². The summed E-state index contributed by atoms with van der Waals surface area (Å²) in [5, 5.41) is 1.10. The molecule has 0 spiro atoms. The van der Waals surface area contributed by atoms with Crippen LogP contribution < -0.4 is 5.19 Å². The Hall–Kier alpha value is -0.603. The molecule has 0 aliphatic carbocycles. The maximum Gasteiger partial charge on any atom is 0.265 e. The first-order chi connectivity index (χ1) is 6.24. The third-order valence-electron chi connectivity index (χ3n) is 2.13. The summed E-state index contributed by atoms with van der Waals surface area (Å²) in [6.45, 7) is 4.45. The molecule has 0 aliphatic rings. The standard InChI is InChI=1S/C11H16OSi/c1-9(2)7-8-10-5-3-4-6-11(10)13-12/h3-6,9,12H,7-8H2,1-2H3. The van der Waals surface area contributed by atoms with E-state index in [1.54, 1.807) is 0 Å². The van der Waals surface area contributed by atoms with Crippen LogP contribution in [0.15, 0.2) is 24.3 Å². The molecule has 2 radical (unpaired) electrons. The maximum atomic E-state index is 9.11. The molecule has 0 heterocycles. The van der Waals surface area contributed by atoms with Crippen LogP contribution in [0.1, 0.15) is 25.8 Å². The van der Waals surface area contributed by atoms with Gasteiger partial charge in [0, 0.05) is 0 Å². The van der Waals surface area contributed by atoms with Crippen molar-refractivity contribution in [3.05, 3.63) is 29.8 Å². The van der Waals surface area contributed by atoms with Gasteiger partial charge in [-0.15, -0.1) is 0 Å². The van der Waals surface area contributed by atoms with E-state index in [0.29, 0.717) is 0 Å². The summed E-state index contributed by atoms with van der Waals surface area (Å²) in [6, 6.07) is 8.14. The Bertz CT molecular complexity index is 258. The van der Waals surface area contributed by atoms with Gasteiger partial charge in [-0.3, -0.25) is 0 Å². The Balaban J connectivity index is 2.64. The number of hydrogen-bond acceptors (Lipinski definition) is 1. The second-order valence-electron chi connectivity index (χ2n) is 3.70. The highest BCUT2D eigenvalue weighted by Gasteiger charge is 2.02. The van der Waals surface area contributed by atoms with Crippen molar-refractivity contribution >= 4 is 14.9 Å². The molecule has 0 unspecified atom stereocenters. The van der Waals surface area contributed by atoms with Gasteiger partial charge < -0.3 is 4.80 Å². The van der Waals surface area contributed by atoms with Crippen molar-refractivity contribution in [1.29, 1.82) is 0 Å². The van der Waals surface area contributed by atoms with Gasteiger partial charge in [0.25, 0.3) is 9.76 Å². The van der Waals surface area contributed by atoms with Crippen LogP contribution in [0.25, 0.3) is 0 Å². The molecule has 0 fully saturated rings. The smallest absolute Gasteiger partial charge is 0.265 e. The predicted molar refractivity (Wildman–Crippen MR) is 57.2 cm³/mol. The van der Waals surface area contributed by atoms with Gasteiger partial charge in [0.05, 0.1) is 0 Å². The van der Waals surface area contributed by atoms with Gasteiger partial charge in [-0.05, 0) is 29.5 Å². The lowest BCUT2D eigenvalue weighted by Gasteiger charge is -2.07. The van der Waals surface area contributed by atoms with Crippen molar-refractivity contribution in [2.24, 2.45) is 5.92 Å². The summed E-state index contributed by atoms with van der Waals surface area (Å²) >= 11 is 0. The molecular weight excluding hydrogens is 176 g/mol. The minimum atomic E-state index is -0.0677. The molecule has 1 aromatic carbocycles. The Kier molecular flexibility index (Phi) is 4.19. The summed E-state index contributed by atoms with van der Waals surface area (Å²) < 4.78 is 0. The number of hydrogen-bond donors (Lipinski definition) is 1. The Morgan fingerprint density at radius 1 is 1.31 bits per heavy atom. The SMILES string of the molecule is CC(C)CCc1ccccc1[Si]O. The molecule has 70 valence electrons. The van der Waals surface area contributed by atoms with Crippen molar-refractivity contribution in [3.63, 3.8) is 0 Å². The molecule has 0 bridgehead atoms. The van der Waals surface area contributed by atoms with E-state index < -0.39 is 0 Å². The van der Waals surface area contributed by atoms with Crippen molar-refractivity contribution in [3.8, 4) is 0 Å². The van der Waals surface area contributed by atoms with E-state index in [2.05, 4.69) is 19.9 Å². The largest absolute Gasteiger partial charge is 0.428 e. The molecule has 1 rings (SSSR count). The van der Waals surface area contributed by atoms with Crippen molar-refractivity contribution in [2.75, 3.05) is 0 Å². The second kappa shape index (κ2) is 5.20. The fourth-order valence-corrected chi connectivity index (χ4v) is 1.81. The Morgan fingerprint density at radius 2 is 2.00 bits per heavy atom. The first kappa shape index (κ1) is 10.5. The zero-order valence-electron chi connectivity index (χ0n) is 8.25. The Morgan fingerprint density at radius 3 is 2.62 bits per heavy atom. The minimum Gasteiger partial charge on any atom is -0.428 e. The van der Waals surface area contributed by atoms with Crippen LogP contribution in [0.3, 0.4) is 0 Å². The summed E-state index contributed by atoms with van der Waals surface area (Å²) in [5.74, 6) is 0.732. The number of aryl methyl sites for hydroxylation is 1. The number of benzene rings is 1. The zero-order valence-corrected chi connectivity index (χ0v) is 9.25. The van der Waals surface area contributed by atoms with Gasteiger partial charge in [-0.1, -0.05) is 38.1 Å². The molecule has 0 saturated heterocycles. The van der Waals surface area contributed by atoms with E-state index >= 15 is 0 Å². The van der Waals surface area contributed by atoms with Gasteiger partial charge in [0.2, 0.25) is 0 Å². The zero-order chi connectivity index (χ0) is 9.68. The summed E-state index contributed by atoms with van der Waals surface area (Å²) in [6.07, 6.45) is 2.28. The van der Waals surface area contributed by atoms with Crippen LogP contribution in [0, 0.1) is 5.92 Å². The summed E-state index contributed by atoms with van der Waals surface area (Å²) in [5.41, 5.74) is 1.30. The Labute approximate surface area is 82.7 Å². The van der Waals surface area contributed by atoms with Gasteiger partial charge in [0.15, 0.2) is 0 Å². The fraction of sp³-hybridized carbons (Fsp3) is 0.455. The summed E-state index contributed by atoms with van der Waals surface area (Å²) in [7, 11) is -0.0677. The molecule has 1 aromatic rings. The minimum absolute atomic E-state index is 0.0677. The maximum absolute atomic E-state index is 9.11. The average molecular weight is 192 g/mol. The fourth-order valence-electron chi connectivity index (χ4n) is 1.29. The average Bonchev–Trinajstić information content (AvgIpc) is 2.15. The van der Waals surface area contributed by atoms with Crippen molar-refractivity contribution in [2.45, 2.75) is 26.7 Å². The van der Waals surface area contributed by atoms with Gasteiger partial charge >= 0.3 is 0 Å². The van der Waals surface area contributed by atoms with Crippen LogP contribution in [0.2, 0.25) is 0 Å². The lowest BCUT2D eigenvalue weighted by molar-refractivity contribution is 0.586. The third kappa shape index (κ3) is 3.33. The quantitative estimate of drug-likeness (QED) is 0.717. The van der Waals surface area contributed by atoms with E-state index in [9.17, 15) is 0 Å². The van der Waals surface area contributed by atoms with E-state index in [0.717, 1.165) is 17.5 Å². The molecule has 0 aliphatic heterocycles. The van der Waals surface area contributed by atoms with Crippen LogP contribution >= 0.6 is 0 Å². The first-order valence-electron chi connectivity index (χ1n) is 4.72. The highest BCUT2D eigenvalue weighted by atomic mass is 28.2. The molecule has 13 heavy (non-hydrogen) atoms. The number of rotatable bonds is 4. The van der Waals surface area contributed by atoms with Crippen molar-refractivity contribution in [1.82, 2.24) is 0 Å². The van der Waals surface area contributed by atoms with Gasteiger partial charge in [0.1, 0.15) is 0 Å². The lowest BCUT2D eigenvalue weighted by Crippen LogP contribution is -2.18. The van der Waals surface area contributed by atoms with Crippen LogP contribution in [-0.4, -0.2) is 14.6 Å². The first-order valence-corrected chi connectivity index (χ1v) is 5.66. The van der Waals surface area contributed by atoms with Gasteiger partial charge in [-0.25, -0.2) is 0 Å². The predicted octanol–water partition coefficient (Wildman–Crippen LogP) is 1.51. The highest BCUT2D eigenvalue weighted by Crippen LogP contribution is 2.06. The topological polar surface area (TPSA) is 20.2 Å². The second-order valence-corrected chi connectivity index (χ2v) is 4.46. The van der Waals surface area contributed by atoms with Crippen LogP contribution in [0.5, 0.6) is 0 Å². The van der Waals surface area contributed by atoms with Gasteiger partial charge in [-0.2, -0.15) is 0 Å². The van der Waals surface area contributed by atoms with E-state index in [1.807, 2.05) is 18.2 Å². The van der Waals surface area contributed by atoms with Crippen LogP contribution in [-0.2, 0) is 6.42 Å². The third-order valence-corrected chi connectivity index (χ3v) is 2.86. The highest BCUT2D eigenvalue weighted by molar-refractivity contribution is 6.46. The summed E-state index contributed by atoms with van der Waals surface area (Å²) in [4.78, 5) is 9.11. The molecule has 1 N–H and O–H groups in total. The molecule has 0 aromatic heterocycles. The lowest BCUT2D eigenvalue weighted by atomic mass is 10.0. The molecule has 0 saturated carbocycles. The molecular formula is C11H16OSi. The molecule has 0 amide bonds. The normalized spacial score (nSPS) is 10.8. The van der Waals surface area contributed by atoms with Crippen molar-refractivity contribution < 1.29 is 4.80 Å².